The van der Waals surface area contributed by atoms with Crippen molar-refractivity contribution in [3.05, 3.63) is 0 Å². The SMILES string of the molecule is BC1(O)OS(=O)N(C(=O)OC(C)(C)C)C1(C)CC(C)C. The van der Waals surface area contributed by atoms with E-state index in [1.165, 1.54) is 7.85 Å². The van der Waals surface area contributed by atoms with Crippen LogP contribution in [0.2, 0.25) is 0 Å². The van der Waals surface area contributed by atoms with Crippen LogP contribution >= 0.6 is 0 Å². The lowest BCUT2D eigenvalue weighted by Gasteiger charge is -2.39. The molecule has 1 amide bonds. The number of ether oxygens (including phenoxy) is 1. The van der Waals surface area contributed by atoms with Gasteiger partial charge in [0.25, 0.3) is 11.3 Å². The van der Waals surface area contributed by atoms with Crippen LogP contribution in [0.25, 0.3) is 0 Å². The number of hydrogen-bond acceptors (Lipinski definition) is 5. The lowest BCUT2D eigenvalue weighted by atomic mass is 9.72. The van der Waals surface area contributed by atoms with Gasteiger partial charge in [0.05, 0.1) is 0 Å². The molecule has 1 fully saturated rings. The van der Waals surface area contributed by atoms with Crippen LogP contribution in [0.3, 0.4) is 0 Å². The van der Waals surface area contributed by atoms with E-state index in [0.717, 1.165) is 4.31 Å². The predicted octanol–water partition coefficient (Wildman–Crippen LogP) is 0.916. The molecule has 1 heterocycles. The minimum absolute atomic E-state index is 0.176. The molecule has 116 valence electrons. The van der Waals surface area contributed by atoms with Crippen molar-refractivity contribution < 1.29 is 23.0 Å². The van der Waals surface area contributed by atoms with Crippen LogP contribution in [0.15, 0.2) is 0 Å². The highest BCUT2D eigenvalue weighted by Crippen LogP contribution is 2.42. The molecule has 1 N–H and O–H groups in total. The number of carbonyl (C=O) groups excluding carboxylic acids is 1. The highest BCUT2D eigenvalue weighted by Gasteiger charge is 2.61. The van der Waals surface area contributed by atoms with Crippen molar-refractivity contribution in [2.24, 2.45) is 5.92 Å². The molecule has 0 radical (unpaired) electrons. The Morgan fingerprint density at radius 2 is 2.00 bits per heavy atom. The molecule has 1 aliphatic heterocycles. The van der Waals surface area contributed by atoms with Gasteiger partial charge in [-0.15, -0.1) is 0 Å². The van der Waals surface area contributed by atoms with Gasteiger partial charge in [0.1, 0.15) is 11.1 Å². The molecule has 0 aliphatic carbocycles. The Morgan fingerprint density at radius 1 is 1.50 bits per heavy atom. The first kappa shape index (κ1) is 17.5. The highest BCUT2D eigenvalue weighted by atomic mass is 32.2. The maximum Gasteiger partial charge on any atom is 0.424 e. The van der Waals surface area contributed by atoms with Crippen LogP contribution in [-0.4, -0.2) is 44.4 Å². The van der Waals surface area contributed by atoms with Gasteiger partial charge in [-0.25, -0.2) is 13.2 Å². The second kappa shape index (κ2) is 5.31. The van der Waals surface area contributed by atoms with Crippen molar-refractivity contribution in [1.82, 2.24) is 4.31 Å². The molecule has 0 aromatic heterocycles. The Morgan fingerprint density at radius 3 is 2.40 bits per heavy atom. The van der Waals surface area contributed by atoms with Crippen molar-refractivity contribution in [2.75, 3.05) is 0 Å². The summed E-state index contributed by atoms with van der Waals surface area (Å²) in [5, 5.41) is 10.4. The summed E-state index contributed by atoms with van der Waals surface area (Å²) in [5.74, 6) is 0.176. The Hall–Kier alpha value is -0.595. The molecule has 0 spiro atoms. The summed E-state index contributed by atoms with van der Waals surface area (Å²) < 4.78 is 23.4. The highest BCUT2D eigenvalue weighted by molar-refractivity contribution is 7.78. The maximum absolute atomic E-state index is 12.3. The summed E-state index contributed by atoms with van der Waals surface area (Å²) in [6.07, 6.45) is -0.318. The van der Waals surface area contributed by atoms with Crippen molar-refractivity contribution in [2.45, 2.75) is 64.8 Å². The third-order valence-corrected chi connectivity index (χ3v) is 4.51. The number of rotatable bonds is 2. The quantitative estimate of drug-likeness (QED) is 0.768. The minimum atomic E-state index is -2.07. The van der Waals surface area contributed by atoms with Gasteiger partial charge in [-0.05, 0) is 40.0 Å². The van der Waals surface area contributed by atoms with E-state index in [-0.39, 0.29) is 5.92 Å². The minimum Gasteiger partial charge on any atom is -0.443 e. The molecule has 20 heavy (non-hydrogen) atoms. The summed E-state index contributed by atoms with van der Waals surface area (Å²) >= 11 is -2.07. The van der Waals surface area contributed by atoms with E-state index >= 15 is 0 Å². The van der Waals surface area contributed by atoms with Gasteiger partial charge < -0.3 is 9.84 Å². The average Bonchev–Trinajstić information content (AvgIpc) is 2.26. The zero-order chi connectivity index (χ0) is 15.9. The Bertz CT molecular complexity index is 421. The van der Waals surface area contributed by atoms with E-state index < -0.39 is 34.2 Å². The molecule has 3 atom stereocenters. The van der Waals surface area contributed by atoms with E-state index in [2.05, 4.69) is 0 Å². The molecule has 6 nitrogen and oxygen atoms in total. The second-order valence-electron chi connectivity index (χ2n) is 6.93. The van der Waals surface area contributed by atoms with Crippen LogP contribution in [-0.2, 0) is 20.2 Å². The zero-order valence-electron chi connectivity index (χ0n) is 13.2. The molecule has 3 unspecified atom stereocenters. The summed E-state index contributed by atoms with van der Waals surface area (Å²) in [7, 11) is 1.41. The van der Waals surface area contributed by atoms with Gasteiger partial charge in [0.15, 0.2) is 13.5 Å². The summed E-state index contributed by atoms with van der Waals surface area (Å²) in [5.41, 5.74) is -3.53. The summed E-state index contributed by atoms with van der Waals surface area (Å²) in [6, 6.07) is 0. The number of hydrogen-bond donors (Lipinski definition) is 1. The van der Waals surface area contributed by atoms with Crippen LogP contribution < -0.4 is 0 Å². The van der Waals surface area contributed by atoms with Gasteiger partial charge in [-0.2, -0.15) is 4.31 Å². The smallest absolute Gasteiger partial charge is 0.424 e. The largest absolute Gasteiger partial charge is 0.443 e. The molecule has 1 saturated heterocycles. The normalized spacial score (nSPS) is 34.6. The van der Waals surface area contributed by atoms with Crippen molar-refractivity contribution in [3.8, 4) is 0 Å². The molecule has 1 rings (SSSR count). The van der Waals surface area contributed by atoms with Gasteiger partial charge >= 0.3 is 6.09 Å². The zero-order valence-corrected chi connectivity index (χ0v) is 14.0. The first-order valence-corrected chi connectivity index (χ1v) is 7.70. The Balaban J connectivity index is 3.14. The van der Waals surface area contributed by atoms with Crippen LogP contribution in [0.5, 0.6) is 0 Å². The second-order valence-corrected chi connectivity index (χ2v) is 7.90. The van der Waals surface area contributed by atoms with Crippen molar-refractivity contribution >= 4 is 25.2 Å². The first-order chi connectivity index (χ1) is 8.80. The van der Waals surface area contributed by atoms with Gasteiger partial charge in [-0.3, -0.25) is 0 Å². The lowest BCUT2D eigenvalue weighted by Crippen LogP contribution is -2.59. The fraction of sp³-hybridized carbons (Fsp3) is 0.917. The van der Waals surface area contributed by atoms with Crippen LogP contribution in [0, 0.1) is 5.92 Å². The summed E-state index contributed by atoms with van der Waals surface area (Å²) in [4.78, 5) is 12.3. The third-order valence-electron chi connectivity index (χ3n) is 3.20. The Labute approximate surface area is 124 Å². The maximum atomic E-state index is 12.3. The molecular weight excluding hydrogens is 281 g/mol. The molecule has 0 bridgehead atoms. The van der Waals surface area contributed by atoms with Gasteiger partial charge in [0.2, 0.25) is 0 Å². The number of nitrogens with zero attached hydrogens (tertiary/aromatic N) is 1. The summed E-state index contributed by atoms with van der Waals surface area (Å²) in [6.45, 7) is 10.7. The number of aliphatic hydroxyl groups is 1. The van der Waals surface area contributed by atoms with E-state index in [0.29, 0.717) is 6.42 Å². The van der Waals surface area contributed by atoms with Gasteiger partial charge in [-0.1, -0.05) is 13.8 Å². The van der Waals surface area contributed by atoms with E-state index in [1.807, 2.05) is 13.8 Å². The average molecular weight is 305 g/mol. The van der Waals surface area contributed by atoms with Crippen LogP contribution in [0.1, 0.15) is 48.0 Å². The molecule has 0 saturated carbocycles. The monoisotopic (exact) mass is 305 g/mol. The molecule has 1 aliphatic rings. The van der Waals surface area contributed by atoms with Crippen molar-refractivity contribution in [1.29, 1.82) is 0 Å². The molecule has 0 aromatic carbocycles. The third kappa shape index (κ3) is 3.35. The fourth-order valence-electron chi connectivity index (χ4n) is 2.25. The number of amides is 1. The van der Waals surface area contributed by atoms with E-state index in [9.17, 15) is 14.1 Å². The molecular formula is C12H24BNO5S. The van der Waals surface area contributed by atoms with Crippen LogP contribution in [0.4, 0.5) is 4.79 Å². The predicted molar refractivity (Wildman–Crippen MR) is 78.7 cm³/mol. The Kier molecular flexibility index (Phi) is 4.63. The van der Waals surface area contributed by atoms with E-state index in [1.54, 1.807) is 27.7 Å². The molecule has 0 aromatic rings. The topological polar surface area (TPSA) is 76.1 Å². The molecule has 8 heteroatoms. The lowest BCUT2D eigenvalue weighted by molar-refractivity contribution is -0.113. The van der Waals surface area contributed by atoms with Crippen molar-refractivity contribution in [3.63, 3.8) is 0 Å². The van der Waals surface area contributed by atoms with E-state index in [4.69, 9.17) is 8.92 Å². The fourth-order valence-corrected chi connectivity index (χ4v) is 3.52. The van der Waals surface area contributed by atoms with Gasteiger partial charge in [0, 0.05) is 0 Å². The number of carbonyl (C=O) groups is 1. The standard InChI is InChI=1S/C12H24BNO5S/c1-8(2)7-11(6)12(13,16)19-20(17)14(11)9(15)18-10(3,4)5/h8,16H,7,13H2,1-6H3. The first-order valence-electron chi connectivity index (χ1n) is 6.67.